The Morgan fingerprint density at radius 3 is 2.33 bits per heavy atom. The second kappa shape index (κ2) is 12.7. The summed E-state index contributed by atoms with van der Waals surface area (Å²) in [5.74, 6) is -7.37. The first-order chi connectivity index (χ1) is 22.5. The van der Waals surface area contributed by atoms with Gasteiger partial charge in [-0.3, -0.25) is 24.1 Å². The van der Waals surface area contributed by atoms with Crippen molar-refractivity contribution in [2.45, 2.75) is 30.9 Å². The Morgan fingerprint density at radius 1 is 1.04 bits per heavy atom. The Labute approximate surface area is 278 Å². The summed E-state index contributed by atoms with van der Waals surface area (Å²) in [4.78, 5) is 58.5. The highest BCUT2D eigenvalue weighted by Gasteiger charge is 2.63. The van der Waals surface area contributed by atoms with Crippen LogP contribution in [0.5, 0.6) is 5.75 Å². The topological polar surface area (TPSA) is 197 Å². The molecule has 0 aliphatic heterocycles. The number of hydrogen-bond donors (Lipinski definition) is 6. The van der Waals surface area contributed by atoms with E-state index in [1.807, 2.05) is 19.0 Å². The highest BCUT2D eigenvalue weighted by atomic mass is 16.3. The molecule has 13 heteroatoms. The van der Waals surface area contributed by atoms with Gasteiger partial charge in [-0.25, -0.2) is 0 Å². The number of phenolic OH excluding ortho intramolecular Hbond substituents is 1. The Bertz CT molecular complexity index is 1780. The molecule has 0 aromatic heterocycles. The van der Waals surface area contributed by atoms with E-state index in [9.17, 15) is 39.6 Å². The van der Waals surface area contributed by atoms with E-state index in [4.69, 9.17) is 5.73 Å². The van der Waals surface area contributed by atoms with Gasteiger partial charge < -0.3 is 41.3 Å². The first-order valence-electron chi connectivity index (χ1n) is 15.8. The normalized spacial score (nSPS) is 23.6. The third-order valence-electron chi connectivity index (χ3n) is 9.68. The molecular weight excluding hydrogens is 618 g/mol. The van der Waals surface area contributed by atoms with Crippen molar-refractivity contribution in [1.29, 1.82) is 0 Å². The molecule has 2 aromatic rings. The Balaban J connectivity index is 1.62. The van der Waals surface area contributed by atoms with E-state index in [2.05, 4.69) is 5.32 Å². The van der Waals surface area contributed by atoms with Crippen LogP contribution in [0.15, 0.2) is 53.0 Å². The van der Waals surface area contributed by atoms with E-state index in [-0.39, 0.29) is 41.2 Å². The summed E-state index contributed by atoms with van der Waals surface area (Å²) in [6.45, 7) is 1.29. The molecule has 4 atom stereocenters. The first kappa shape index (κ1) is 34.6. The van der Waals surface area contributed by atoms with Crippen molar-refractivity contribution in [2.75, 3.05) is 60.3 Å². The van der Waals surface area contributed by atoms with Crippen molar-refractivity contribution in [2.24, 2.45) is 17.6 Å². The molecule has 0 saturated heterocycles. The molecule has 13 nitrogen and oxygen atoms in total. The standard InChI is InChI=1S/C35H43N5O8/c1-38(2)12-8-11-37-34(47)18-10-7-9-17(13-18)20-16-23(39(3)4)21-14-19-15-22-27(40(5)6)30(43)26(33(36)46)32(45)35(22,48)31(44)24(19)29(42)25(21)28(20)41/h7,9-10,13,16,19,22,27,41,43-44,48H,8,11-12,14-15H2,1-6H3,(H2,36,46)(H,37,47)/t19?,22?,27-,35-/m0/s1. The quantitative estimate of drug-likeness (QED) is 0.168. The fourth-order valence-corrected chi connectivity index (χ4v) is 7.45. The van der Waals surface area contributed by atoms with Crippen molar-refractivity contribution in [1.82, 2.24) is 15.1 Å². The third-order valence-corrected chi connectivity index (χ3v) is 9.68. The van der Waals surface area contributed by atoms with E-state index < -0.39 is 58.0 Å². The van der Waals surface area contributed by atoms with Gasteiger partial charge in [0.15, 0.2) is 11.4 Å². The number of ketones is 2. The van der Waals surface area contributed by atoms with Gasteiger partial charge in [0.25, 0.3) is 11.8 Å². The SMILES string of the molecule is CN(C)CCCNC(=O)c1cccc(-c2cc(N(C)C)c3c(c2O)C(=O)C2=C(O)[C@]4(O)C(=O)C(C(N)=O)=C(O)[C@@H](N(C)C)C4CC2C3)c1. The van der Waals surface area contributed by atoms with E-state index >= 15 is 0 Å². The summed E-state index contributed by atoms with van der Waals surface area (Å²) in [5, 5.41) is 49.2. The highest BCUT2D eigenvalue weighted by molar-refractivity contribution is 6.25. The van der Waals surface area contributed by atoms with Crippen LogP contribution in [-0.2, 0) is 16.0 Å². The number of amides is 2. The molecule has 3 aliphatic rings. The van der Waals surface area contributed by atoms with Gasteiger partial charge in [-0.1, -0.05) is 12.1 Å². The van der Waals surface area contributed by atoms with Crippen molar-refractivity contribution in [3.63, 3.8) is 0 Å². The molecule has 0 radical (unpaired) electrons. The van der Waals surface area contributed by atoms with Gasteiger partial charge in [0.1, 0.15) is 22.8 Å². The maximum absolute atomic E-state index is 14.4. The number of benzene rings is 2. The van der Waals surface area contributed by atoms with Gasteiger partial charge in [-0.15, -0.1) is 0 Å². The van der Waals surface area contributed by atoms with E-state index in [1.165, 1.54) is 4.90 Å². The Kier molecular flexibility index (Phi) is 9.17. The van der Waals surface area contributed by atoms with Gasteiger partial charge >= 0.3 is 0 Å². The lowest BCUT2D eigenvalue weighted by atomic mass is 9.58. The first-order valence-corrected chi connectivity index (χ1v) is 15.8. The van der Waals surface area contributed by atoms with Crippen molar-refractivity contribution in [3.8, 4) is 16.9 Å². The number of phenols is 1. The number of allylic oxidation sites excluding steroid dienone is 1. The van der Waals surface area contributed by atoms with Gasteiger partial charge in [-0.2, -0.15) is 0 Å². The zero-order valence-corrected chi connectivity index (χ0v) is 28.0. The van der Waals surface area contributed by atoms with E-state index in [1.54, 1.807) is 63.4 Å². The molecule has 0 bridgehead atoms. The van der Waals surface area contributed by atoms with Gasteiger partial charge in [0.2, 0.25) is 5.78 Å². The number of rotatable bonds is 9. The number of fused-ring (bicyclic) bond motifs is 3. The fraction of sp³-hybridized carbons (Fsp3) is 0.429. The number of aromatic hydroxyl groups is 1. The molecule has 48 heavy (non-hydrogen) atoms. The molecular formula is C35H43N5O8. The number of hydrogen-bond acceptors (Lipinski definition) is 11. The largest absolute Gasteiger partial charge is 0.510 e. The molecule has 2 aromatic carbocycles. The predicted molar refractivity (Wildman–Crippen MR) is 179 cm³/mol. The summed E-state index contributed by atoms with van der Waals surface area (Å²) in [5.41, 5.74) is 3.73. The van der Waals surface area contributed by atoms with Gasteiger partial charge in [0.05, 0.1) is 11.6 Å². The molecule has 5 rings (SSSR count). The van der Waals surface area contributed by atoms with E-state index in [0.29, 0.717) is 28.9 Å². The molecule has 0 saturated carbocycles. The molecule has 3 aliphatic carbocycles. The Morgan fingerprint density at radius 2 is 1.73 bits per heavy atom. The number of primary amides is 1. The van der Waals surface area contributed by atoms with Gasteiger partial charge in [-0.05, 0) is 89.2 Å². The number of nitrogens with zero attached hydrogens (tertiary/aromatic N) is 3. The van der Waals surface area contributed by atoms with Crippen molar-refractivity contribution in [3.05, 3.63) is 69.7 Å². The number of carbonyl (C=O) groups excluding carboxylic acids is 4. The molecule has 0 fully saturated rings. The Hall–Kier alpha value is -4.72. The minimum Gasteiger partial charge on any atom is -0.510 e. The monoisotopic (exact) mass is 661 g/mol. The number of aliphatic hydroxyl groups excluding tert-OH is 2. The summed E-state index contributed by atoms with van der Waals surface area (Å²) >= 11 is 0. The summed E-state index contributed by atoms with van der Waals surface area (Å²) in [6, 6.07) is 7.32. The van der Waals surface area contributed by atoms with Crippen LogP contribution in [-0.4, -0.2) is 121 Å². The van der Waals surface area contributed by atoms with Crippen LogP contribution in [0.4, 0.5) is 5.69 Å². The lowest BCUT2D eigenvalue weighted by Gasteiger charge is -2.50. The van der Waals surface area contributed by atoms with Crippen LogP contribution in [0.25, 0.3) is 11.1 Å². The number of Topliss-reactive ketones (excluding diaryl/α,β-unsaturated/α-hetero) is 2. The lowest BCUT2D eigenvalue weighted by Crippen LogP contribution is -2.63. The van der Waals surface area contributed by atoms with Crippen molar-refractivity contribution >= 4 is 29.1 Å². The third kappa shape index (κ3) is 5.51. The molecule has 0 heterocycles. The lowest BCUT2D eigenvalue weighted by molar-refractivity contribution is -0.148. The van der Waals surface area contributed by atoms with Crippen LogP contribution >= 0.6 is 0 Å². The average molecular weight is 662 g/mol. The number of aliphatic hydroxyl groups is 3. The van der Waals surface area contributed by atoms with Crippen LogP contribution in [0.1, 0.15) is 39.1 Å². The van der Waals surface area contributed by atoms with Crippen molar-refractivity contribution < 1.29 is 39.6 Å². The molecule has 7 N–H and O–H groups in total. The number of likely N-dealkylation sites (N-methyl/N-ethyl adjacent to an activating group) is 1. The summed E-state index contributed by atoms with van der Waals surface area (Å²) in [7, 11) is 10.6. The smallest absolute Gasteiger partial charge is 0.255 e. The maximum Gasteiger partial charge on any atom is 0.255 e. The minimum absolute atomic E-state index is 0.00710. The highest BCUT2D eigenvalue weighted by Crippen LogP contribution is 2.54. The molecule has 2 amide bonds. The van der Waals surface area contributed by atoms with Crippen LogP contribution < -0.4 is 16.0 Å². The number of nitrogens with two attached hydrogens (primary N) is 1. The summed E-state index contributed by atoms with van der Waals surface area (Å²) < 4.78 is 0. The maximum atomic E-state index is 14.4. The minimum atomic E-state index is -2.73. The second-order valence-electron chi connectivity index (χ2n) is 13.5. The number of carbonyl (C=O) groups is 4. The predicted octanol–water partition coefficient (Wildman–Crippen LogP) is 1.54. The van der Waals surface area contributed by atoms with Crippen LogP contribution in [0, 0.1) is 11.8 Å². The average Bonchev–Trinajstić information content (AvgIpc) is 3.00. The molecule has 256 valence electrons. The molecule has 0 spiro atoms. The van der Waals surface area contributed by atoms with Crippen LogP contribution in [0.3, 0.4) is 0 Å². The van der Waals surface area contributed by atoms with E-state index in [0.717, 1.165) is 13.0 Å². The van der Waals surface area contributed by atoms with Gasteiger partial charge in [0, 0.05) is 48.9 Å². The van der Waals surface area contributed by atoms with Crippen LogP contribution in [0.2, 0.25) is 0 Å². The number of anilines is 1. The summed E-state index contributed by atoms with van der Waals surface area (Å²) in [6.07, 6.45) is 0.915. The second-order valence-corrected chi connectivity index (χ2v) is 13.5. The number of nitrogens with one attached hydrogen (secondary N) is 1. The molecule has 2 unspecified atom stereocenters. The zero-order valence-electron chi connectivity index (χ0n) is 28.0. The zero-order chi connectivity index (χ0) is 35.4. The fourth-order valence-electron chi connectivity index (χ4n) is 7.45.